The van der Waals surface area contributed by atoms with Gasteiger partial charge < -0.3 is 9.13 Å². The summed E-state index contributed by atoms with van der Waals surface area (Å²) in [6.45, 7) is -2.14. The van der Waals surface area contributed by atoms with Crippen molar-refractivity contribution in [1.82, 2.24) is 9.13 Å². The highest BCUT2D eigenvalue weighted by atomic mass is 15.0. The van der Waals surface area contributed by atoms with Gasteiger partial charge in [0.1, 0.15) is 0 Å². The average molecular weight is 702 g/mol. The van der Waals surface area contributed by atoms with Crippen LogP contribution in [0.25, 0.3) is 110 Å². The molecule has 0 saturated heterocycles. The maximum Gasteiger partial charge on any atom is 0.0541 e. The number of aryl methyl sites for hydroxylation is 1. The summed E-state index contributed by atoms with van der Waals surface area (Å²) >= 11 is 0. The minimum Gasteiger partial charge on any atom is -0.309 e. The predicted molar refractivity (Wildman–Crippen MR) is 233 cm³/mol. The number of para-hydroxylation sites is 2. The largest absolute Gasteiger partial charge is 0.309 e. The monoisotopic (exact) mass is 701 g/mol. The zero-order chi connectivity index (χ0) is 38.7. The van der Waals surface area contributed by atoms with Crippen LogP contribution in [-0.4, -0.2) is 9.13 Å². The minimum atomic E-state index is -2.14. The highest BCUT2D eigenvalue weighted by Gasteiger charge is 2.23. The molecule has 1 aliphatic rings. The average Bonchev–Trinajstić information content (AvgIpc) is 3.90. The number of rotatable bonds is 4. The molecule has 0 saturated carbocycles. The number of hydrogen-bond donors (Lipinski definition) is 0. The molecule has 0 fully saturated rings. The van der Waals surface area contributed by atoms with E-state index in [1.54, 1.807) is 12.1 Å². The molecule has 12 rings (SSSR count). The van der Waals surface area contributed by atoms with Gasteiger partial charge in [-0.15, -0.1) is 0 Å². The third-order valence-corrected chi connectivity index (χ3v) is 11.8. The number of benzene rings is 9. The van der Waals surface area contributed by atoms with E-state index in [9.17, 15) is 0 Å². The molecule has 0 aliphatic heterocycles. The molecule has 2 aromatic heterocycles. The van der Waals surface area contributed by atoms with E-state index in [0.29, 0.717) is 5.56 Å². The summed E-state index contributed by atoms with van der Waals surface area (Å²) in [5.41, 5.74) is 16.9. The quantitative estimate of drug-likeness (QED) is 0.173. The standard InChI is InChI=1S/C53H34N2/c1-33-20-24-37(25-21-33)54-49-18-6-4-14-42(49)47-31-34(22-28-51(47)54)35-23-29-52-48(32-35)43-15-5-7-19-50(43)55(52)38-11-8-10-36(30-38)39-26-27-46-41-13-3-2-12-40(41)45-17-9-16-44(39)53(45)46/h2-32H,1H3/i1D3. The van der Waals surface area contributed by atoms with Gasteiger partial charge in [-0.3, -0.25) is 0 Å². The fraction of sp³-hybridized carbons (Fsp3) is 0.0189. The lowest BCUT2D eigenvalue weighted by Gasteiger charge is -2.13. The van der Waals surface area contributed by atoms with Gasteiger partial charge in [0.25, 0.3) is 0 Å². The Kier molecular flexibility index (Phi) is 5.70. The first-order chi connectivity index (χ1) is 28.4. The molecule has 2 heteroatoms. The maximum atomic E-state index is 7.85. The molecule has 1 aliphatic carbocycles. The second-order valence-electron chi connectivity index (χ2n) is 14.7. The van der Waals surface area contributed by atoms with Crippen molar-refractivity contribution >= 4 is 54.4 Å². The molecular formula is C53H34N2. The van der Waals surface area contributed by atoms with Crippen LogP contribution >= 0.6 is 0 Å². The molecule has 0 bridgehead atoms. The van der Waals surface area contributed by atoms with Crippen molar-refractivity contribution in [2.24, 2.45) is 0 Å². The second-order valence-corrected chi connectivity index (χ2v) is 14.7. The van der Waals surface area contributed by atoms with E-state index in [4.69, 9.17) is 4.11 Å². The van der Waals surface area contributed by atoms with Crippen LogP contribution in [0.1, 0.15) is 9.68 Å². The van der Waals surface area contributed by atoms with Gasteiger partial charge in [0.15, 0.2) is 0 Å². The van der Waals surface area contributed by atoms with E-state index in [0.717, 1.165) is 49.8 Å². The van der Waals surface area contributed by atoms with E-state index in [1.807, 2.05) is 12.1 Å². The zero-order valence-corrected chi connectivity index (χ0v) is 29.8. The van der Waals surface area contributed by atoms with Crippen molar-refractivity contribution in [2.75, 3.05) is 0 Å². The maximum absolute atomic E-state index is 7.85. The van der Waals surface area contributed by atoms with Gasteiger partial charge in [0.2, 0.25) is 0 Å². The van der Waals surface area contributed by atoms with Crippen LogP contribution in [-0.2, 0) is 0 Å². The fourth-order valence-electron chi connectivity index (χ4n) is 9.34. The molecule has 0 spiro atoms. The highest BCUT2D eigenvalue weighted by Crippen LogP contribution is 2.49. The van der Waals surface area contributed by atoms with Crippen LogP contribution in [0.5, 0.6) is 0 Å². The molecule has 0 amide bonds. The van der Waals surface area contributed by atoms with Gasteiger partial charge in [-0.1, -0.05) is 133 Å². The van der Waals surface area contributed by atoms with Gasteiger partial charge in [0.05, 0.1) is 22.1 Å². The van der Waals surface area contributed by atoms with Gasteiger partial charge in [0, 0.05) is 37.0 Å². The molecule has 9 aromatic carbocycles. The normalized spacial score (nSPS) is 13.1. The summed E-state index contributed by atoms with van der Waals surface area (Å²) < 4.78 is 28.2. The van der Waals surface area contributed by atoms with Crippen molar-refractivity contribution < 1.29 is 4.11 Å². The molecule has 256 valence electrons. The van der Waals surface area contributed by atoms with Crippen LogP contribution in [0.4, 0.5) is 0 Å². The van der Waals surface area contributed by atoms with Gasteiger partial charge in [-0.05, 0) is 123 Å². The summed E-state index contributed by atoms with van der Waals surface area (Å²) in [6, 6.07) is 67.0. The topological polar surface area (TPSA) is 9.86 Å². The molecule has 0 N–H and O–H groups in total. The molecule has 2 heterocycles. The lowest BCUT2D eigenvalue weighted by Crippen LogP contribution is -1.94. The summed E-state index contributed by atoms with van der Waals surface area (Å²) in [6.07, 6.45) is 0. The van der Waals surface area contributed by atoms with E-state index >= 15 is 0 Å². The number of aromatic nitrogens is 2. The van der Waals surface area contributed by atoms with Crippen LogP contribution in [0, 0.1) is 6.85 Å². The molecule has 0 atom stereocenters. The van der Waals surface area contributed by atoms with E-state index in [-0.39, 0.29) is 0 Å². The van der Waals surface area contributed by atoms with Crippen molar-refractivity contribution in [1.29, 1.82) is 0 Å². The van der Waals surface area contributed by atoms with Gasteiger partial charge >= 0.3 is 0 Å². The summed E-state index contributed by atoms with van der Waals surface area (Å²) in [4.78, 5) is 0. The van der Waals surface area contributed by atoms with Crippen molar-refractivity contribution in [3.8, 4) is 55.9 Å². The van der Waals surface area contributed by atoms with Crippen LogP contribution < -0.4 is 0 Å². The van der Waals surface area contributed by atoms with Gasteiger partial charge in [-0.2, -0.15) is 0 Å². The zero-order valence-electron chi connectivity index (χ0n) is 32.8. The van der Waals surface area contributed by atoms with Crippen molar-refractivity contribution in [2.45, 2.75) is 6.85 Å². The smallest absolute Gasteiger partial charge is 0.0541 e. The van der Waals surface area contributed by atoms with E-state index in [1.165, 1.54) is 60.4 Å². The summed E-state index contributed by atoms with van der Waals surface area (Å²) in [5, 5.41) is 7.34. The minimum absolute atomic E-state index is 0.340. The number of fused-ring (bicyclic) bond motifs is 9. The Bertz CT molecular complexity index is 3460. The van der Waals surface area contributed by atoms with Crippen LogP contribution in [0.15, 0.2) is 188 Å². The Morgan fingerprint density at radius 2 is 0.855 bits per heavy atom. The van der Waals surface area contributed by atoms with Gasteiger partial charge in [-0.25, -0.2) is 0 Å². The van der Waals surface area contributed by atoms with E-state index in [2.05, 4.69) is 173 Å². The fourth-order valence-corrected chi connectivity index (χ4v) is 9.34. The highest BCUT2D eigenvalue weighted by molar-refractivity contribution is 6.19. The molecule has 2 nitrogen and oxygen atoms in total. The lowest BCUT2D eigenvalue weighted by atomic mass is 9.94. The van der Waals surface area contributed by atoms with E-state index < -0.39 is 6.85 Å². The Labute approximate surface area is 323 Å². The Hall–Kier alpha value is -7.16. The molecule has 55 heavy (non-hydrogen) atoms. The lowest BCUT2D eigenvalue weighted by molar-refractivity contribution is 1.17. The van der Waals surface area contributed by atoms with Crippen molar-refractivity contribution in [3.05, 3.63) is 194 Å². The Morgan fingerprint density at radius 3 is 1.53 bits per heavy atom. The second kappa shape index (κ2) is 11.4. The molecule has 0 unspecified atom stereocenters. The summed E-state index contributed by atoms with van der Waals surface area (Å²) in [5.74, 6) is 0. The third kappa shape index (κ3) is 4.37. The molecule has 11 aromatic rings. The number of hydrogen-bond acceptors (Lipinski definition) is 0. The SMILES string of the molecule is [2H]C([2H])([2H])c1ccc(-n2c3ccccc3c3cc(-c4ccc5c(c4)c4ccccc4n5-c4cccc(-c5ccc6c7c(cccc57)-c5ccccc5-6)c4)ccc32)cc1. The van der Waals surface area contributed by atoms with Crippen LogP contribution in [0.3, 0.4) is 0 Å². The van der Waals surface area contributed by atoms with Crippen LogP contribution in [0.2, 0.25) is 0 Å². The third-order valence-electron chi connectivity index (χ3n) is 11.8. The first-order valence-electron chi connectivity index (χ1n) is 20.3. The Balaban J connectivity index is 0.981. The Morgan fingerprint density at radius 1 is 0.327 bits per heavy atom. The molecular weight excluding hydrogens is 665 g/mol. The predicted octanol–water partition coefficient (Wildman–Crippen LogP) is 14.3. The first-order valence-corrected chi connectivity index (χ1v) is 18.8. The summed E-state index contributed by atoms with van der Waals surface area (Å²) in [7, 11) is 0. The molecule has 0 radical (unpaired) electrons. The van der Waals surface area contributed by atoms with Crippen molar-refractivity contribution in [3.63, 3.8) is 0 Å². The first kappa shape index (κ1) is 27.4. The number of nitrogens with zero attached hydrogens (tertiary/aromatic N) is 2.